The summed E-state index contributed by atoms with van der Waals surface area (Å²) in [4.78, 5) is 36.0. The fourth-order valence-electron chi connectivity index (χ4n) is 3.66. The summed E-state index contributed by atoms with van der Waals surface area (Å²) in [6.45, 7) is 1.48. The molecule has 0 spiro atoms. The summed E-state index contributed by atoms with van der Waals surface area (Å²) < 4.78 is 0. The lowest BCUT2D eigenvalue weighted by atomic mass is 9.49. The van der Waals surface area contributed by atoms with Crippen LogP contribution in [0, 0.1) is 5.92 Å². The van der Waals surface area contributed by atoms with Gasteiger partial charge < -0.3 is 9.80 Å². The molecule has 7 heteroatoms. The number of halogens is 1. The van der Waals surface area contributed by atoms with Gasteiger partial charge in [-0.25, -0.2) is 4.98 Å². The van der Waals surface area contributed by atoms with Crippen LogP contribution in [-0.4, -0.2) is 50.2 Å². The normalized spacial score (nSPS) is 31.0. The van der Waals surface area contributed by atoms with Gasteiger partial charge in [0.05, 0.1) is 24.6 Å². The van der Waals surface area contributed by atoms with Crippen LogP contribution in [0.2, 0.25) is 5.15 Å². The number of aromatic nitrogens is 2. The largest absolute Gasteiger partial charge is 0.327 e. The van der Waals surface area contributed by atoms with Gasteiger partial charge in [0.15, 0.2) is 0 Å². The van der Waals surface area contributed by atoms with Gasteiger partial charge in [0.2, 0.25) is 0 Å². The van der Waals surface area contributed by atoms with E-state index in [9.17, 15) is 9.59 Å². The summed E-state index contributed by atoms with van der Waals surface area (Å²) in [5.74, 6) is -0.000629. The second-order valence-corrected chi connectivity index (χ2v) is 6.60. The zero-order valence-electron chi connectivity index (χ0n) is 11.5. The van der Waals surface area contributed by atoms with Crippen molar-refractivity contribution in [2.75, 3.05) is 13.1 Å². The Hall–Kier alpha value is -1.69. The van der Waals surface area contributed by atoms with Crippen LogP contribution >= 0.6 is 11.6 Å². The van der Waals surface area contributed by atoms with Crippen molar-refractivity contribution in [3.8, 4) is 0 Å². The lowest BCUT2D eigenvalue weighted by Crippen LogP contribution is -2.73. The molecule has 2 bridgehead atoms. The average Bonchev–Trinajstić information content (AvgIpc) is 2.37. The van der Waals surface area contributed by atoms with E-state index in [1.807, 2.05) is 0 Å². The zero-order chi connectivity index (χ0) is 14.6. The highest BCUT2D eigenvalue weighted by Gasteiger charge is 2.62. The highest BCUT2D eigenvalue weighted by molar-refractivity contribution is 6.35. The summed E-state index contributed by atoms with van der Waals surface area (Å²) >= 11 is 5.69. The fraction of sp³-hybridized carbons (Fsp3) is 0.571. The molecule has 1 saturated heterocycles. The summed E-state index contributed by atoms with van der Waals surface area (Å²) in [7, 11) is 0. The van der Waals surface area contributed by atoms with Crippen molar-refractivity contribution >= 4 is 23.4 Å². The number of hydrogen-bond donors (Lipinski definition) is 0. The van der Waals surface area contributed by atoms with E-state index in [0.717, 1.165) is 25.2 Å². The van der Waals surface area contributed by atoms with E-state index in [0.29, 0.717) is 30.5 Å². The molecule has 3 saturated carbocycles. The molecule has 1 aromatic heterocycles. The second-order valence-electron chi connectivity index (χ2n) is 6.22. The van der Waals surface area contributed by atoms with Crippen molar-refractivity contribution in [2.24, 2.45) is 5.92 Å². The SMILES string of the molecule is O=C1C(=O)N(C23CC(C2)C3)CCN1Cc1cnc(Cl)cn1. The number of hydrogen-bond acceptors (Lipinski definition) is 4. The highest BCUT2D eigenvalue weighted by atomic mass is 35.5. The first-order valence-electron chi connectivity index (χ1n) is 7.15. The second kappa shape index (κ2) is 4.40. The monoisotopic (exact) mass is 306 g/mol. The van der Waals surface area contributed by atoms with Gasteiger partial charge in [0.25, 0.3) is 0 Å². The minimum atomic E-state index is -0.428. The Bertz CT molecular complexity index is 601. The molecule has 6 nitrogen and oxygen atoms in total. The molecule has 0 aromatic carbocycles. The third kappa shape index (κ3) is 1.92. The van der Waals surface area contributed by atoms with Gasteiger partial charge >= 0.3 is 11.8 Å². The van der Waals surface area contributed by atoms with Crippen LogP contribution in [0.4, 0.5) is 0 Å². The summed E-state index contributed by atoms with van der Waals surface area (Å²) in [5, 5.41) is 0.314. The number of nitrogens with zero attached hydrogens (tertiary/aromatic N) is 4. The molecule has 1 aromatic rings. The maximum Gasteiger partial charge on any atom is 0.312 e. The number of rotatable bonds is 3. The van der Waals surface area contributed by atoms with Crippen LogP contribution in [-0.2, 0) is 16.1 Å². The molecular weight excluding hydrogens is 292 g/mol. The van der Waals surface area contributed by atoms with Gasteiger partial charge in [-0.15, -0.1) is 0 Å². The molecule has 1 aliphatic heterocycles. The zero-order valence-corrected chi connectivity index (χ0v) is 12.2. The predicted octanol–water partition coefficient (Wildman–Crippen LogP) is 0.853. The number of amides is 2. The van der Waals surface area contributed by atoms with E-state index >= 15 is 0 Å². The van der Waals surface area contributed by atoms with Crippen molar-refractivity contribution in [3.05, 3.63) is 23.2 Å². The van der Waals surface area contributed by atoms with Crippen molar-refractivity contribution in [2.45, 2.75) is 31.3 Å². The van der Waals surface area contributed by atoms with Gasteiger partial charge in [-0.05, 0) is 25.2 Å². The Kier molecular flexibility index (Phi) is 2.73. The van der Waals surface area contributed by atoms with Crippen LogP contribution in [0.1, 0.15) is 25.0 Å². The molecule has 0 unspecified atom stereocenters. The Morgan fingerprint density at radius 3 is 2.48 bits per heavy atom. The van der Waals surface area contributed by atoms with Crippen LogP contribution in [0.15, 0.2) is 12.4 Å². The standard InChI is InChI=1S/C14H15ClN4O2/c15-11-7-16-10(6-17-11)8-18-1-2-19(13(21)12(18)20)14-3-9(4-14)5-14/h6-7,9H,1-5,8H2. The molecule has 2 amide bonds. The number of carbonyl (C=O) groups is 2. The van der Waals surface area contributed by atoms with E-state index in [2.05, 4.69) is 9.97 Å². The Morgan fingerprint density at radius 2 is 1.90 bits per heavy atom. The van der Waals surface area contributed by atoms with Crippen molar-refractivity contribution in [1.29, 1.82) is 0 Å². The fourth-order valence-corrected chi connectivity index (χ4v) is 3.76. The Balaban J connectivity index is 1.45. The van der Waals surface area contributed by atoms with Gasteiger partial charge in [0.1, 0.15) is 5.15 Å². The molecule has 0 radical (unpaired) electrons. The lowest BCUT2D eigenvalue weighted by Gasteiger charge is -2.66. The molecule has 3 aliphatic carbocycles. The Morgan fingerprint density at radius 1 is 1.14 bits per heavy atom. The highest BCUT2D eigenvalue weighted by Crippen LogP contribution is 2.60. The van der Waals surface area contributed by atoms with E-state index in [4.69, 9.17) is 11.6 Å². The summed E-state index contributed by atoms with van der Waals surface area (Å²) in [5.41, 5.74) is 0.656. The maximum atomic E-state index is 12.3. The molecule has 110 valence electrons. The van der Waals surface area contributed by atoms with E-state index in [1.54, 1.807) is 9.80 Å². The van der Waals surface area contributed by atoms with E-state index in [1.165, 1.54) is 12.4 Å². The molecule has 21 heavy (non-hydrogen) atoms. The molecule has 4 aliphatic rings. The van der Waals surface area contributed by atoms with Crippen molar-refractivity contribution in [3.63, 3.8) is 0 Å². The van der Waals surface area contributed by atoms with Gasteiger partial charge in [-0.3, -0.25) is 14.6 Å². The van der Waals surface area contributed by atoms with Crippen LogP contribution < -0.4 is 0 Å². The Labute approximate surface area is 127 Å². The third-order valence-electron chi connectivity index (χ3n) is 4.91. The molecule has 0 atom stereocenters. The first-order chi connectivity index (χ1) is 10.1. The first-order valence-corrected chi connectivity index (χ1v) is 7.52. The van der Waals surface area contributed by atoms with Crippen LogP contribution in [0.25, 0.3) is 0 Å². The van der Waals surface area contributed by atoms with Crippen LogP contribution in [0.3, 0.4) is 0 Å². The summed E-state index contributed by atoms with van der Waals surface area (Å²) in [6.07, 6.45) is 6.22. The summed E-state index contributed by atoms with van der Waals surface area (Å²) in [6, 6.07) is 0. The van der Waals surface area contributed by atoms with E-state index in [-0.39, 0.29) is 11.4 Å². The topological polar surface area (TPSA) is 66.4 Å². The van der Waals surface area contributed by atoms with Gasteiger partial charge in [-0.1, -0.05) is 11.6 Å². The molecule has 0 N–H and O–H groups in total. The number of piperazine rings is 1. The molecule has 5 rings (SSSR count). The minimum absolute atomic E-state index is 0.0174. The molecule has 4 fully saturated rings. The smallest absolute Gasteiger partial charge is 0.312 e. The number of carbonyl (C=O) groups excluding carboxylic acids is 2. The predicted molar refractivity (Wildman–Crippen MR) is 74.2 cm³/mol. The van der Waals surface area contributed by atoms with Crippen molar-refractivity contribution < 1.29 is 9.59 Å². The quantitative estimate of drug-likeness (QED) is 0.777. The van der Waals surface area contributed by atoms with Gasteiger partial charge in [-0.2, -0.15) is 0 Å². The third-order valence-corrected chi connectivity index (χ3v) is 5.11. The molecule has 2 heterocycles. The lowest BCUT2D eigenvalue weighted by molar-refractivity contribution is -0.186. The maximum absolute atomic E-state index is 12.3. The minimum Gasteiger partial charge on any atom is -0.327 e. The van der Waals surface area contributed by atoms with Crippen molar-refractivity contribution in [1.82, 2.24) is 19.8 Å². The first kappa shape index (κ1) is 13.0. The van der Waals surface area contributed by atoms with E-state index < -0.39 is 5.91 Å². The average molecular weight is 307 g/mol. The van der Waals surface area contributed by atoms with Gasteiger partial charge in [0, 0.05) is 18.6 Å². The molecular formula is C14H15ClN4O2. The van der Waals surface area contributed by atoms with Crippen LogP contribution in [0.5, 0.6) is 0 Å².